The third-order valence-electron chi connectivity index (χ3n) is 4.37. The highest BCUT2D eigenvalue weighted by Gasteiger charge is 2.42. The first-order chi connectivity index (χ1) is 13.2. The minimum absolute atomic E-state index is 0.0670. The Kier molecular flexibility index (Phi) is 7.51. The molecule has 2 heterocycles. The maximum absolute atomic E-state index is 12.6. The molecule has 1 aromatic heterocycles. The second-order valence-electron chi connectivity index (χ2n) is 7.79. The van der Waals surface area contributed by atoms with E-state index in [4.69, 9.17) is 9.47 Å². The predicted octanol–water partition coefficient (Wildman–Crippen LogP) is 1.47. The van der Waals surface area contributed by atoms with Crippen LogP contribution in [-0.2, 0) is 23.9 Å². The lowest BCUT2D eigenvalue weighted by Crippen LogP contribution is -2.36. The number of hydrogen-bond donors (Lipinski definition) is 1. The zero-order valence-corrected chi connectivity index (χ0v) is 16.9. The molecule has 8 nitrogen and oxygen atoms in total. The molecule has 0 aromatic carbocycles. The fourth-order valence-corrected chi connectivity index (χ4v) is 3.14. The Labute approximate surface area is 165 Å². The number of amides is 2. The van der Waals surface area contributed by atoms with E-state index in [1.54, 1.807) is 30.4 Å². The number of ether oxygens (including phenoxy) is 2. The second-order valence-corrected chi connectivity index (χ2v) is 7.79. The van der Waals surface area contributed by atoms with Crippen LogP contribution in [0.5, 0.6) is 0 Å². The molecule has 8 heteroatoms. The van der Waals surface area contributed by atoms with Crippen LogP contribution in [0.2, 0.25) is 0 Å². The van der Waals surface area contributed by atoms with Crippen molar-refractivity contribution in [1.82, 2.24) is 15.2 Å². The van der Waals surface area contributed by atoms with Gasteiger partial charge in [0.15, 0.2) is 0 Å². The standard InChI is InChI=1S/C20H29N3O5/c1-20(2,3)28-17(25)7-10-27-11-9-22-19(26)15-12-16(24)23(4)18(15)14-6-5-8-21-13-14/h5-6,8,13,15,18H,7,9-12H2,1-4H3,(H,22,26)/t15-,18+/m0/s1. The average molecular weight is 391 g/mol. The third kappa shape index (κ3) is 6.30. The molecular formula is C20H29N3O5. The zero-order chi connectivity index (χ0) is 20.7. The monoisotopic (exact) mass is 391 g/mol. The normalized spacial score (nSPS) is 19.6. The maximum atomic E-state index is 12.6. The van der Waals surface area contributed by atoms with Crippen molar-refractivity contribution < 1.29 is 23.9 Å². The van der Waals surface area contributed by atoms with E-state index in [0.717, 1.165) is 5.56 Å². The molecule has 1 saturated heterocycles. The fourth-order valence-electron chi connectivity index (χ4n) is 3.14. The van der Waals surface area contributed by atoms with Crippen LogP contribution in [-0.4, -0.2) is 60.1 Å². The van der Waals surface area contributed by atoms with E-state index < -0.39 is 11.5 Å². The number of carbonyl (C=O) groups excluding carboxylic acids is 3. The van der Waals surface area contributed by atoms with E-state index in [0.29, 0.717) is 6.54 Å². The number of nitrogens with one attached hydrogen (secondary N) is 1. The van der Waals surface area contributed by atoms with Gasteiger partial charge in [0.25, 0.3) is 0 Å². The van der Waals surface area contributed by atoms with Crippen LogP contribution >= 0.6 is 0 Å². The topological polar surface area (TPSA) is 97.8 Å². The molecule has 0 unspecified atom stereocenters. The van der Waals surface area contributed by atoms with E-state index in [1.807, 2.05) is 26.8 Å². The van der Waals surface area contributed by atoms with Gasteiger partial charge >= 0.3 is 5.97 Å². The van der Waals surface area contributed by atoms with Crippen molar-refractivity contribution in [2.45, 2.75) is 45.3 Å². The van der Waals surface area contributed by atoms with Crippen LogP contribution in [0.4, 0.5) is 0 Å². The Morgan fingerprint density at radius 2 is 2.07 bits per heavy atom. The van der Waals surface area contributed by atoms with Gasteiger partial charge in [-0.25, -0.2) is 0 Å². The Bertz CT molecular complexity index is 687. The quantitative estimate of drug-likeness (QED) is 0.532. The SMILES string of the molecule is CN1C(=O)C[C@H](C(=O)NCCOCCC(=O)OC(C)(C)C)[C@H]1c1cccnc1. The minimum atomic E-state index is -0.512. The zero-order valence-electron chi connectivity index (χ0n) is 16.9. The van der Waals surface area contributed by atoms with Crippen molar-refractivity contribution >= 4 is 17.8 Å². The summed E-state index contributed by atoms with van der Waals surface area (Å²) in [5, 5.41) is 2.81. The molecule has 1 aliphatic heterocycles. The molecule has 1 N–H and O–H groups in total. The highest BCUT2D eigenvalue weighted by Crippen LogP contribution is 2.36. The van der Waals surface area contributed by atoms with Crippen molar-refractivity contribution in [3.05, 3.63) is 30.1 Å². The number of pyridine rings is 1. The highest BCUT2D eigenvalue weighted by atomic mass is 16.6. The Balaban J connectivity index is 1.75. The van der Waals surface area contributed by atoms with Gasteiger partial charge in [-0.3, -0.25) is 19.4 Å². The average Bonchev–Trinajstić information content (AvgIpc) is 2.92. The molecule has 1 aromatic rings. The Morgan fingerprint density at radius 1 is 1.32 bits per heavy atom. The minimum Gasteiger partial charge on any atom is -0.460 e. The van der Waals surface area contributed by atoms with Crippen LogP contribution in [0.1, 0.15) is 45.2 Å². The number of hydrogen-bond acceptors (Lipinski definition) is 6. The lowest BCUT2D eigenvalue weighted by Gasteiger charge is -2.24. The van der Waals surface area contributed by atoms with E-state index in [-0.39, 0.29) is 49.9 Å². The predicted molar refractivity (Wildman–Crippen MR) is 102 cm³/mol. The summed E-state index contributed by atoms with van der Waals surface area (Å²) in [5.74, 6) is -1.04. The van der Waals surface area contributed by atoms with Crippen molar-refractivity contribution in [3.63, 3.8) is 0 Å². The Morgan fingerprint density at radius 3 is 2.71 bits per heavy atom. The molecule has 2 atom stereocenters. The molecule has 0 aliphatic carbocycles. The summed E-state index contributed by atoms with van der Waals surface area (Å²) < 4.78 is 10.6. The molecule has 1 aliphatic rings. The summed E-state index contributed by atoms with van der Waals surface area (Å²) in [6.07, 6.45) is 3.67. The van der Waals surface area contributed by atoms with E-state index in [9.17, 15) is 14.4 Å². The van der Waals surface area contributed by atoms with E-state index in [1.165, 1.54) is 0 Å². The summed E-state index contributed by atoms with van der Waals surface area (Å²) in [7, 11) is 1.70. The molecule has 2 amide bonds. The second kappa shape index (κ2) is 9.64. The molecule has 2 rings (SSSR count). The van der Waals surface area contributed by atoms with Gasteiger partial charge in [-0.2, -0.15) is 0 Å². The van der Waals surface area contributed by atoms with Gasteiger partial charge in [0.1, 0.15) is 5.60 Å². The van der Waals surface area contributed by atoms with Crippen LogP contribution in [0.3, 0.4) is 0 Å². The van der Waals surface area contributed by atoms with Gasteiger partial charge in [0.2, 0.25) is 11.8 Å². The van der Waals surface area contributed by atoms with Crippen LogP contribution in [0, 0.1) is 5.92 Å². The molecular weight excluding hydrogens is 362 g/mol. The highest BCUT2D eigenvalue weighted by molar-refractivity contribution is 5.90. The van der Waals surface area contributed by atoms with Gasteiger partial charge in [-0.1, -0.05) is 6.07 Å². The lowest BCUT2D eigenvalue weighted by molar-refractivity contribution is -0.156. The summed E-state index contributed by atoms with van der Waals surface area (Å²) in [6.45, 7) is 6.25. The van der Waals surface area contributed by atoms with Crippen molar-refractivity contribution in [2.24, 2.45) is 5.92 Å². The molecule has 0 radical (unpaired) electrons. The van der Waals surface area contributed by atoms with Crippen molar-refractivity contribution in [2.75, 3.05) is 26.8 Å². The first kappa shape index (κ1) is 21.8. The Hall–Kier alpha value is -2.48. The first-order valence-electron chi connectivity index (χ1n) is 9.42. The van der Waals surface area contributed by atoms with Crippen molar-refractivity contribution in [3.8, 4) is 0 Å². The van der Waals surface area contributed by atoms with Gasteiger partial charge < -0.3 is 19.7 Å². The number of likely N-dealkylation sites (tertiary alicyclic amines) is 1. The van der Waals surface area contributed by atoms with E-state index in [2.05, 4.69) is 10.3 Å². The summed E-state index contributed by atoms with van der Waals surface area (Å²) in [4.78, 5) is 42.0. The van der Waals surface area contributed by atoms with Gasteiger partial charge in [0.05, 0.1) is 31.6 Å². The molecule has 28 heavy (non-hydrogen) atoms. The smallest absolute Gasteiger partial charge is 0.308 e. The summed E-state index contributed by atoms with van der Waals surface area (Å²) in [6, 6.07) is 3.33. The van der Waals surface area contributed by atoms with Crippen LogP contribution in [0.25, 0.3) is 0 Å². The summed E-state index contributed by atoms with van der Waals surface area (Å²) >= 11 is 0. The van der Waals surface area contributed by atoms with Crippen LogP contribution < -0.4 is 5.32 Å². The molecule has 0 bridgehead atoms. The fraction of sp³-hybridized carbons (Fsp3) is 0.600. The third-order valence-corrected chi connectivity index (χ3v) is 4.37. The van der Waals surface area contributed by atoms with Crippen LogP contribution in [0.15, 0.2) is 24.5 Å². The number of nitrogens with zero attached hydrogens (tertiary/aromatic N) is 2. The largest absolute Gasteiger partial charge is 0.460 e. The molecule has 0 saturated carbocycles. The molecule has 154 valence electrons. The number of carbonyl (C=O) groups is 3. The van der Waals surface area contributed by atoms with Gasteiger partial charge in [-0.05, 0) is 32.4 Å². The maximum Gasteiger partial charge on any atom is 0.308 e. The summed E-state index contributed by atoms with van der Waals surface area (Å²) in [5.41, 5.74) is 0.325. The number of rotatable bonds is 8. The number of esters is 1. The van der Waals surface area contributed by atoms with E-state index >= 15 is 0 Å². The van der Waals surface area contributed by atoms with Crippen molar-refractivity contribution in [1.29, 1.82) is 0 Å². The first-order valence-corrected chi connectivity index (χ1v) is 9.42. The molecule has 1 fully saturated rings. The van der Waals surface area contributed by atoms with Gasteiger partial charge in [-0.15, -0.1) is 0 Å². The number of aromatic nitrogens is 1. The molecule has 0 spiro atoms. The van der Waals surface area contributed by atoms with Gasteiger partial charge in [0, 0.05) is 32.4 Å². The lowest BCUT2D eigenvalue weighted by atomic mass is 9.94.